The van der Waals surface area contributed by atoms with Gasteiger partial charge in [0, 0.05) is 16.3 Å². The first-order valence-corrected chi connectivity index (χ1v) is 8.32. The lowest BCUT2D eigenvalue weighted by Gasteiger charge is -2.10. The van der Waals surface area contributed by atoms with Crippen LogP contribution in [0.1, 0.15) is 0 Å². The van der Waals surface area contributed by atoms with Gasteiger partial charge in [0.05, 0.1) is 5.69 Å². The van der Waals surface area contributed by atoms with Gasteiger partial charge in [-0.05, 0) is 22.9 Å². The van der Waals surface area contributed by atoms with Crippen LogP contribution in [-0.4, -0.2) is 4.98 Å². The Balaban J connectivity index is 2.02. The Hall–Kier alpha value is -3.66. The number of fused-ring (bicyclic) bond motifs is 5. The first-order chi connectivity index (χ1) is 12.7. The van der Waals surface area contributed by atoms with Crippen LogP contribution in [-0.2, 0) is 0 Å². The minimum absolute atomic E-state index is 0.185. The molecule has 0 spiro atoms. The fourth-order valence-electron chi connectivity index (χ4n) is 3.50. The first kappa shape index (κ1) is 14.7. The van der Waals surface area contributed by atoms with Crippen molar-refractivity contribution in [2.45, 2.75) is 0 Å². The number of nitrogen functional groups attached to an aromatic ring is 1. The number of rotatable bonds is 1. The Bertz CT molecular complexity index is 1360. The van der Waals surface area contributed by atoms with E-state index in [9.17, 15) is 4.79 Å². The topological polar surface area (TPSA) is 69.1 Å². The Kier molecular flexibility index (Phi) is 3.06. The summed E-state index contributed by atoms with van der Waals surface area (Å²) < 4.78 is 5.53. The van der Waals surface area contributed by atoms with Crippen molar-refractivity contribution in [3.05, 3.63) is 83.2 Å². The van der Waals surface area contributed by atoms with Crippen LogP contribution in [0.15, 0.2) is 82.0 Å². The molecule has 0 aliphatic carbocycles. The molecule has 0 radical (unpaired) electrons. The molecule has 2 heterocycles. The summed E-state index contributed by atoms with van der Waals surface area (Å²) in [6.07, 6.45) is 0. The molecule has 4 heteroatoms. The van der Waals surface area contributed by atoms with Crippen LogP contribution < -0.4 is 11.4 Å². The SMILES string of the molecule is Nc1nc(-c2ccccc2)cc2c1c(=O)oc1ccc3ccccc3c12. The molecule has 5 aromatic rings. The van der Waals surface area contributed by atoms with E-state index in [0.29, 0.717) is 11.0 Å². The van der Waals surface area contributed by atoms with Gasteiger partial charge in [0.2, 0.25) is 0 Å². The fraction of sp³-hybridized carbons (Fsp3) is 0. The molecular weight excluding hydrogens is 324 g/mol. The average Bonchev–Trinajstić information content (AvgIpc) is 2.68. The molecule has 0 amide bonds. The van der Waals surface area contributed by atoms with Gasteiger partial charge in [-0.3, -0.25) is 0 Å². The number of anilines is 1. The molecule has 0 aliphatic heterocycles. The van der Waals surface area contributed by atoms with Crippen molar-refractivity contribution in [1.29, 1.82) is 0 Å². The first-order valence-electron chi connectivity index (χ1n) is 8.32. The summed E-state index contributed by atoms with van der Waals surface area (Å²) >= 11 is 0. The summed E-state index contributed by atoms with van der Waals surface area (Å²) in [7, 11) is 0. The predicted molar refractivity (Wildman–Crippen MR) is 105 cm³/mol. The molecule has 5 rings (SSSR count). The maximum absolute atomic E-state index is 12.5. The van der Waals surface area contributed by atoms with Crippen LogP contribution in [0.4, 0.5) is 5.82 Å². The lowest BCUT2D eigenvalue weighted by atomic mass is 10.00. The molecule has 4 nitrogen and oxygen atoms in total. The van der Waals surface area contributed by atoms with Gasteiger partial charge in [0.1, 0.15) is 16.8 Å². The second-order valence-electron chi connectivity index (χ2n) is 6.23. The van der Waals surface area contributed by atoms with Gasteiger partial charge in [-0.1, -0.05) is 60.7 Å². The van der Waals surface area contributed by atoms with E-state index in [1.807, 2.05) is 72.8 Å². The van der Waals surface area contributed by atoms with E-state index < -0.39 is 5.63 Å². The number of aromatic nitrogens is 1. The van der Waals surface area contributed by atoms with E-state index in [1.165, 1.54) is 0 Å². The van der Waals surface area contributed by atoms with Crippen molar-refractivity contribution in [2.24, 2.45) is 0 Å². The van der Waals surface area contributed by atoms with E-state index in [-0.39, 0.29) is 5.82 Å². The minimum atomic E-state index is -0.465. The Morgan fingerprint density at radius 2 is 1.58 bits per heavy atom. The fourth-order valence-corrected chi connectivity index (χ4v) is 3.50. The van der Waals surface area contributed by atoms with E-state index in [4.69, 9.17) is 10.2 Å². The molecule has 2 aromatic heterocycles. The number of benzene rings is 3. The highest BCUT2D eigenvalue weighted by molar-refractivity contribution is 6.19. The average molecular weight is 338 g/mol. The van der Waals surface area contributed by atoms with Gasteiger partial charge in [-0.2, -0.15) is 0 Å². The number of nitrogens with two attached hydrogens (primary N) is 1. The quantitative estimate of drug-likeness (QED) is 0.354. The third kappa shape index (κ3) is 2.09. The Morgan fingerprint density at radius 3 is 2.42 bits per heavy atom. The normalized spacial score (nSPS) is 11.4. The van der Waals surface area contributed by atoms with Gasteiger partial charge in [0.15, 0.2) is 0 Å². The van der Waals surface area contributed by atoms with Crippen LogP contribution in [0.2, 0.25) is 0 Å². The van der Waals surface area contributed by atoms with Gasteiger partial charge < -0.3 is 10.2 Å². The number of nitrogens with zero attached hydrogens (tertiary/aromatic N) is 1. The van der Waals surface area contributed by atoms with E-state index in [2.05, 4.69) is 4.98 Å². The van der Waals surface area contributed by atoms with Crippen molar-refractivity contribution < 1.29 is 4.42 Å². The molecule has 0 fully saturated rings. The van der Waals surface area contributed by atoms with Crippen molar-refractivity contribution in [1.82, 2.24) is 4.98 Å². The van der Waals surface area contributed by atoms with E-state index in [0.717, 1.165) is 32.8 Å². The summed E-state index contributed by atoms with van der Waals surface area (Å²) in [6.45, 7) is 0. The predicted octanol–water partition coefficient (Wildman–Crippen LogP) is 4.74. The summed E-state index contributed by atoms with van der Waals surface area (Å²) in [5.74, 6) is 0.185. The highest BCUT2D eigenvalue weighted by atomic mass is 16.4. The van der Waals surface area contributed by atoms with Crippen LogP contribution in [0.25, 0.3) is 43.8 Å². The van der Waals surface area contributed by atoms with Crippen LogP contribution in [0.5, 0.6) is 0 Å². The monoisotopic (exact) mass is 338 g/mol. The molecule has 0 atom stereocenters. The molecule has 0 saturated carbocycles. The van der Waals surface area contributed by atoms with Crippen LogP contribution >= 0.6 is 0 Å². The molecule has 26 heavy (non-hydrogen) atoms. The summed E-state index contributed by atoms with van der Waals surface area (Å²) in [4.78, 5) is 16.9. The largest absolute Gasteiger partial charge is 0.422 e. The zero-order valence-electron chi connectivity index (χ0n) is 13.8. The van der Waals surface area contributed by atoms with Crippen LogP contribution in [0.3, 0.4) is 0 Å². The van der Waals surface area contributed by atoms with Gasteiger partial charge >= 0.3 is 5.63 Å². The summed E-state index contributed by atoms with van der Waals surface area (Å²) in [5.41, 5.74) is 7.92. The molecule has 0 bridgehead atoms. The molecule has 3 aromatic carbocycles. The third-order valence-electron chi connectivity index (χ3n) is 4.68. The highest BCUT2D eigenvalue weighted by Crippen LogP contribution is 2.34. The number of hydrogen-bond donors (Lipinski definition) is 1. The van der Waals surface area contributed by atoms with Crippen molar-refractivity contribution in [2.75, 3.05) is 5.73 Å². The zero-order valence-corrected chi connectivity index (χ0v) is 13.8. The number of pyridine rings is 1. The smallest absolute Gasteiger partial charge is 0.347 e. The second kappa shape index (κ2) is 5.43. The molecule has 124 valence electrons. The molecule has 2 N–H and O–H groups in total. The molecule has 0 unspecified atom stereocenters. The lowest BCUT2D eigenvalue weighted by Crippen LogP contribution is -2.06. The van der Waals surface area contributed by atoms with Gasteiger partial charge in [0.25, 0.3) is 0 Å². The standard InChI is InChI=1S/C22H14N2O2/c23-21-20-16(12-17(24-21)14-7-2-1-3-8-14)19-15-9-5-4-6-13(15)10-11-18(19)26-22(20)25/h1-12H,(H2,23,24). The molecular formula is C22H14N2O2. The highest BCUT2D eigenvalue weighted by Gasteiger charge is 2.15. The summed E-state index contributed by atoms with van der Waals surface area (Å²) in [5, 5.41) is 4.06. The summed E-state index contributed by atoms with van der Waals surface area (Å²) in [6, 6.07) is 23.5. The number of hydrogen-bond acceptors (Lipinski definition) is 4. The van der Waals surface area contributed by atoms with Crippen LogP contribution in [0, 0.1) is 0 Å². The molecule has 0 aliphatic rings. The second-order valence-corrected chi connectivity index (χ2v) is 6.23. The maximum Gasteiger partial charge on any atom is 0.347 e. The van der Waals surface area contributed by atoms with Crippen molar-refractivity contribution in [3.8, 4) is 11.3 Å². The van der Waals surface area contributed by atoms with Crippen molar-refractivity contribution in [3.63, 3.8) is 0 Å². The van der Waals surface area contributed by atoms with Gasteiger partial charge in [-0.15, -0.1) is 0 Å². The third-order valence-corrected chi connectivity index (χ3v) is 4.68. The molecule has 0 saturated heterocycles. The van der Waals surface area contributed by atoms with Gasteiger partial charge in [-0.25, -0.2) is 9.78 Å². The van der Waals surface area contributed by atoms with E-state index >= 15 is 0 Å². The van der Waals surface area contributed by atoms with E-state index in [1.54, 1.807) is 0 Å². The Morgan fingerprint density at radius 1 is 0.808 bits per heavy atom. The maximum atomic E-state index is 12.5. The van der Waals surface area contributed by atoms with Crippen molar-refractivity contribution >= 4 is 38.3 Å². The minimum Gasteiger partial charge on any atom is -0.422 e. The Labute approximate surface area is 148 Å². The zero-order chi connectivity index (χ0) is 17.7. The lowest BCUT2D eigenvalue weighted by molar-refractivity contribution is 0.570.